The van der Waals surface area contributed by atoms with E-state index in [9.17, 15) is 13.2 Å². The fourth-order valence-electron chi connectivity index (χ4n) is 4.01. The van der Waals surface area contributed by atoms with Gasteiger partial charge in [0, 0.05) is 43.4 Å². The first-order valence-electron chi connectivity index (χ1n) is 10.3. The number of amides is 1. The topological polar surface area (TPSA) is 69.7 Å². The summed E-state index contributed by atoms with van der Waals surface area (Å²) >= 11 is 1.98. The number of sulfonamides is 1. The van der Waals surface area contributed by atoms with Gasteiger partial charge in [-0.3, -0.25) is 9.69 Å². The average molecular weight is 446 g/mol. The Hall–Kier alpha value is -1.87. The maximum Gasteiger partial charge on any atom is 0.243 e. The van der Waals surface area contributed by atoms with Crippen molar-refractivity contribution in [2.75, 3.05) is 36.5 Å². The molecule has 2 aromatic rings. The third-order valence-corrected chi connectivity index (χ3v) is 8.43. The van der Waals surface area contributed by atoms with Gasteiger partial charge >= 0.3 is 0 Å². The van der Waals surface area contributed by atoms with Crippen molar-refractivity contribution < 1.29 is 13.2 Å². The van der Waals surface area contributed by atoms with Gasteiger partial charge in [-0.1, -0.05) is 30.3 Å². The van der Waals surface area contributed by atoms with Crippen LogP contribution in [0.2, 0.25) is 0 Å². The number of benzene rings is 2. The zero-order valence-corrected chi connectivity index (χ0v) is 18.5. The van der Waals surface area contributed by atoms with Crippen molar-refractivity contribution in [3.8, 4) is 0 Å². The van der Waals surface area contributed by atoms with Crippen LogP contribution in [0.5, 0.6) is 0 Å². The van der Waals surface area contributed by atoms with Crippen LogP contribution in [0, 0.1) is 0 Å². The summed E-state index contributed by atoms with van der Waals surface area (Å²) in [6.07, 6.45) is 1.21. The van der Waals surface area contributed by atoms with Crippen molar-refractivity contribution in [2.45, 2.75) is 30.3 Å². The Morgan fingerprint density at radius 2 is 1.80 bits per heavy atom. The van der Waals surface area contributed by atoms with Gasteiger partial charge in [-0.25, -0.2) is 8.42 Å². The predicted molar refractivity (Wildman–Crippen MR) is 121 cm³/mol. The van der Waals surface area contributed by atoms with Crippen molar-refractivity contribution in [1.29, 1.82) is 0 Å². The van der Waals surface area contributed by atoms with Crippen LogP contribution in [0.4, 0.5) is 5.69 Å². The van der Waals surface area contributed by atoms with Crippen LogP contribution >= 0.6 is 11.8 Å². The smallest absolute Gasteiger partial charge is 0.243 e. The molecule has 0 radical (unpaired) electrons. The highest BCUT2D eigenvalue weighted by Crippen LogP contribution is 2.27. The Bertz CT molecular complexity index is 976. The van der Waals surface area contributed by atoms with Crippen molar-refractivity contribution in [1.82, 2.24) is 9.21 Å². The number of thioether (sulfide) groups is 1. The van der Waals surface area contributed by atoms with E-state index in [-0.39, 0.29) is 10.8 Å². The number of anilines is 1. The quantitative estimate of drug-likeness (QED) is 0.740. The zero-order valence-electron chi connectivity index (χ0n) is 16.9. The molecule has 6 nitrogen and oxygen atoms in total. The molecule has 2 aromatic carbocycles. The Balaban J connectivity index is 1.45. The van der Waals surface area contributed by atoms with Gasteiger partial charge in [-0.15, -0.1) is 0 Å². The lowest BCUT2D eigenvalue weighted by Gasteiger charge is -2.26. The molecule has 160 valence electrons. The van der Waals surface area contributed by atoms with Crippen LogP contribution in [0.1, 0.15) is 18.4 Å². The highest BCUT2D eigenvalue weighted by molar-refractivity contribution is 7.99. The molecule has 0 bridgehead atoms. The predicted octanol–water partition coefficient (Wildman–Crippen LogP) is 3.03. The maximum absolute atomic E-state index is 13.0. The van der Waals surface area contributed by atoms with E-state index < -0.39 is 16.1 Å². The summed E-state index contributed by atoms with van der Waals surface area (Å²) in [5.41, 5.74) is 1.87. The van der Waals surface area contributed by atoms with E-state index in [2.05, 4.69) is 16.3 Å². The number of nitrogens with zero attached hydrogens (tertiary/aromatic N) is 2. The van der Waals surface area contributed by atoms with Crippen LogP contribution in [0.15, 0.2) is 59.5 Å². The Labute approximate surface area is 182 Å². The van der Waals surface area contributed by atoms with Crippen LogP contribution in [0.25, 0.3) is 0 Å². The molecule has 1 unspecified atom stereocenters. The first-order chi connectivity index (χ1) is 14.5. The Morgan fingerprint density at radius 3 is 2.57 bits per heavy atom. The molecule has 4 rings (SSSR count). The summed E-state index contributed by atoms with van der Waals surface area (Å²) in [7, 11) is -3.69. The summed E-state index contributed by atoms with van der Waals surface area (Å²) in [5, 5.41) is 2.95. The van der Waals surface area contributed by atoms with Crippen molar-refractivity contribution >= 4 is 33.4 Å². The van der Waals surface area contributed by atoms with Gasteiger partial charge in [0.05, 0.1) is 4.90 Å². The Kier molecular flexibility index (Phi) is 6.77. The molecule has 2 heterocycles. The molecule has 30 heavy (non-hydrogen) atoms. The number of hydrogen-bond acceptors (Lipinski definition) is 5. The van der Waals surface area contributed by atoms with Crippen molar-refractivity contribution in [3.63, 3.8) is 0 Å². The number of rotatable bonds is 6. The molecule has 1 amide bonds. The van der Waals surface area contributed by atoms with E-state index in [0.717, 1.165) is 36.7 Å². The normalized spacial score (nSPS) is 20.9. The van der Waals surface area contributed by atoms with Crippen molar-refractivity contribution in [3.05, 3.63) is 60.2 Å². The Morgan fingerprint density at radius 1 is 1.03 bits per heavy atom. The van der Waals surface area contributed by atoms with Gasteiger partial charge < -0.3 is 5.32 Å². The lowest BCUT2D eigenvalue weighted by molar-refractivity contribution is -0.119. The summed E-state index contributed by atoms with van der Waals surface area (Å²) in [6, 6.07) is 15.5. The van der Waals surface area contributed by atoms with E-state index in [4.69, 9.17) is 0 Å². The molecule has 0 aliphatic carbocycles. The SMILES string of the molecule is O=C(Nc1cccc(CN2CCSCC2)c1)C1CCCN1S(=O)(=O)c1ccccc1. The average Bonchev–Trinajstić information content (AvgIpc) is 3.27. The van der Waals surface area contributed by atoms with Crippen LogP contribution in [-0.4, -0.2) is 60.7 Å². The van der Waals surface area contributed by atoms with E-state index in [1.54, 1.807) is 30.3 Å². The second-order valence-corrected chi connectivity index (χ2v) is 10.8. The molecular formula is C22H27N3O3S2. The molecule has 2 aliphatic rings. The lowest BCUT2D eigenvalue weighted by atomic mass is 10.1. The summed E-state index contributed by atoms with van der Waals surface area (Å²) < 4.78 is 27.4. The monoisotopic (exact) mass is 445 g/mol. The van der Waals surface area contributed by atoms with Gasteiger partial charge in [0.25, 0.3) is 0 Å². The molecule has 1 N–H and O–H groups in total. The minimum atomic E-state index is -3.69. The van der Waals surface area contributed by atoms with Crippen LogP contribution < -0.4 is 5.32 Å². The number of carbonyl (C=O) groups is 1. The third kappa shape index (κ3) is 4.88. The molecule has 0 saturated carbocycles. The third-order valence-electron chi connectivity index (χ3n) is 5.56. The number of nitrogens with one attached hydrogen (secondary N) is 1. The molecule has 2 fully saturated rings. The molecular weight excluding hydrogens is 418 g/mol. The minimum Gasteiger partial charge on any atom is -0.325 e. The first kappa shape index (κ1) is 21.4. The second kappa shape index (κ2) is 9.51. The maximum atomic E-state index is 13.0. The number of hydrogen-bond donors (Lipinski definition) is 1. The van der Waals surface area contributed by atoms with Gasteiger partial charge in [0.15, 0.2) is 0 Å². The van der Waals surface area contributed by atoms with Gasteiger partial charge in [-0.05, 0) is 42.7 Å². The van der Waals surface area contributed by atoms with Crippen molar-refractivity contribution in [2.24, 2.45) is 0 Å². The fourth-order valence-corrected chi connectivity index (χ4v) is 6.66. The van der Waals surface area contributed by atoms with E-state index in [1.165, 1.54) is 4.31 Å². The first-order valence-corrected chi connectivity index (χ1v) is 12.9. The van der Waals surface area contributed by atoms with Gasteiger partial charge in [-0.2, -0.15) is 16.1 Å². The molecule has 0 aromatic heterocycles. The second-order valence-electron chi connectivity index (χ2n) is 7.66. The summed E-state index contributed by atoms with van der Waals surface area (Å²) in [5.74, 6) is 2.05. The number of carbonyl (C=O) groups excluding carboxylic acids is 1. The zero-order chi connectivity index (χ0) is 21.0. The lowest BCUT2D eigenvalue weighted by Crippen LogP contribution is -2.43. The molecule has 8 heteroatoms. The minimum absolute atomic E-state index is 0.228. The van der Waals surface area contributed by atoms with Crippen LogP contribution in [0.3, 0.4) is 0 Å². The highest BCUT2D eigenvalue weighted by atomic mass is 32.2. The van der Waals surface area contributed by atoms with Gasteiger partial charge in [0.2, 0.25) is 15.9 Å². The molecule has 1 atom stereocenters. The largest absolute Gasteiger partial charge is 0.325 e. The van der Waals surface area contributed by atoms with E-state index >= 15 is 0 Å². The van der Waals surface area contributed by atoms with E-state index in [1.807, 2.05) is 30.0 Å². The summed E-state index contributed by atoms with van der Waals surface area (Å²) in [6.45, 7) is 3.38. The van der Waals surface area contributed by atoms with Crippen LogP contribution in [-0.2, 0) is 21.4 Å². The summed E-state index contributed by atoms with van der Waals surface area (Å²) in [4.78, 5) is 15.6. The standard InChI is InChI=1S/C22H27N3O3S2/c26-22(21-10-5-11-25(21)30(27,28)20-8-2-1-3-9-20)23-19-7-4-6-18(16-19)17-24-12-14-29-15-13-24/h1-4,6-9,16,21H,5,10-15,17H2,(H,23,26). The van der Waals surface area contributed by atoms with Gasteiger partial charge in [0.1, 0.15) is 6.04 Å². The van der Waals surface area contributed by atoms with E-state index in [0.29, 0.717) is 25.1 Å². The fraction of sp³-hybridized carbons (Fsp3) is 0.409. The molecule has 2 aliphatic heterocycles. The molecule has 0 spiro atoms. The molecule has 2 saturated heterocycles. The highest BCUT2D eigenvalue weighted by Gasteiger charge is 2.39.